The number of methoxy groups -OCH3 is 1. The first-order valence-corrected chi connectivity index (χ1v) is 6.26. The number of nitrogens with two attached hydrogens (primary N) is 1. The zero-order valence-electron chi connectivity index (χ0n) is 10.9. The zero-order valence-corrected chi connectivity index (χ0v) is 10.9. The van der Waals surface area contributed by atoms with Gasteiger partial charge >= 0.3 is 0 Å². The number of aromatic nitrogens is 2. The lowest BCUT2D eigenvalue weighted by molar-refractivity contribution is -0.0679. The number of hydrogen-bond donors (Lipinski definition) is 2. The Labute approximate surface area is 106 Å². The minimum atomic E-state index is -0.185. The van der Waals surface area contributed by atoms with Gasteiger partial charge in [0.05, 0.1) is 17.5 Å². The van der Waals surface area contributed by atoms with E-state index < -0.39 is 0 Å². The monoisotopic (exact) mass is 252 g/mol. The summed E-state index contributed by atoms with van der Waals surface area (Å²) in [5, 5.41) is 6.94. The molecule has 0 aromatic carbocycles. The smallest absolute Gasteiger partial charge is 0.271 e. The number of amides is 1. The van der Waals surface area contributed by atoms with Gasteiger partial charge < -0.3 is 15.8 Å². The molecule has 6 heteroatoms. The molecule has 1 aliphatic carbocycles. The van der Waals surface area contributed by atoms with Crippen LogP contribution in [0.5, 0.6) is 0 Å². The van der Waals surface area contributed by atoms with Gasteiger partial charge in [-0.3, -0.25) is 9.48 Å². The first kappa shape index (κ1) is 12.9. The molecular formula is C12H20N4O2. The second-order valence-electron chi connectivity index (χ2n) is 4.69. The lowest BCUT2D eigenvalue weighted by atomic mass is 9.80. The Hall–Kier alpha value is -1.56. The number of ether oxygens (including phenoxy) is 1. The Balaban J connectivity index is 2.01. The molecule has 1 aromatic heterocycles. The van der Waals surface area contributed by atoms with Gasteiger partial charge in [0.25, 0.3) is 5.91 Å². The van der Waals surface area contributed by atoms with Crippen LogP contribution in [0.3, 0.4) is 0 Å². The summed E-state index contributed by atoms with van der Waals surface area (Å²) < 4.78 is 7.06. The second-order valence-corrected chi connectivity index (χ2v) is 4.69. The molecule has 18 heavy (non-hydrogen) atoms. The van der Waals surface area contributed by atoms with Crippen LogP contribution < -0.4 is 11.1 Å². The van der Waals surface area contributed by atoms with Gasteiger partial charge in [-0.25, -0.2) is 0 Å². The fourth-order valence-electron chi connectivity index (χ4n) is 2.24. The number of nitrogens with one attached hydrogen (secondary N) is 1. The third kappa shape index (κ3) is 2.20. The van der Waals surface area contributed by atoms with Crippen molar-refractivity contribution in [3.63, 3.8) is 0 Å². The van der Waals surface area contributed by atoms with E-state index in [-0.39, 0.29) is 11.5 Å². The van der Waals surface area contributed by atoms with E-state index in [1.165, 1.54) is 6.20 Å². The van der Waals surface area contributed by atoms with Crippen LogP contribution in [0.1, 0.15) is 36.7 Å². The highest BCUT2D eigenvalue weighted by molar-refractivity contribution is 5.97. The fourth-order valence-corrected chi connectivity index (χ4v) is 2.24. The lowest BCUT2D eigenvalue weighted by Crippen LogP contribution is -2.49. The Morgan fingerprint density at radius 1 is 1.67 bits per heavy atom. The molecule has 0 aliphatic heterocycles. The molecule has 1 aliphatic rings. The SMILES string of the molecule is CCn1ncc(N)c1C(=O)NCC1(OC)CCC1. The topological polar surface area (TPSA) is 82.2 Å². The van der Waals surface area contributed by atoms with Crippen LogP contribution >= 0.6 is 0 Å². The molecule has 0 radical (unpaired) electrons. The van der Waals surface area contributed by atoms with Crippen LogP contribution in [0.4, 0.5) is 5.69 Å². The predicted octanol–water partition coefficient (Wildman–Crippen LogP) is 0.784. The van der Waals surface area contributed by atoms with E-state index in [2.05, 4.69) is 10.4 Å². The molecular weight excluding hydrogens is 232 g/mol. The van der Waals surface area contributed by atoms with Crippen LogP contribution in [0, 0.1) is 0 Å². The van der Waals surface area contributed by atoms with Crippen LogP contribution in [0.25, 0.3) is 0 Å². The van der Waals surface area contributed by atoms with Gasteiger partial charge in [0.15, 0.2) is 0 Å². The number of nitrogen functional groups attached to an aromatic ring is 1. The first-order valence-electron chi connectivity index (χ1n) is 6.26. The number of hydrogen-bond acceptors (Lipinski definition) is 4. The van der Waals surface area contributed by atoms with Crippen molar-refractivity contribution in [2.24, 2.45) is 0 Å². The van der Waals surface area contributed by atoms with Crippen molar-refractivity contribution in [2.45, 2.75) is 38.3 Å². The Bertz CT molecular complexity index is 432. The molecule has 100 valence electrons. The Morgan fingerprint density at radius 2 is 2.39 bits per heavy atom. The molecule has 1 heterocycles. The fraction of sp³-hybridized carbons (Fsp3) is 0.667. The van der Waals surface area contributed by atoms with Crippen LogP contribution in [-0.2, 0) is 11.3 Å². The summed E-state index contributed by atoms with van der Waals surface area (Å²) in [5.74, 6) is -0.185. The maximum atomic E-state index is 12.1. The average molecular weight is 252 g/mol. The number of carbonyl (C=O) groups is 1. The van der Waals surface area contributed by atoms with Crippen molar-refractivity contribution in [1.29, 1.82) is 0 Å². The van der Waals surface area contributed by atoms with Gasteiger partial charge in [-0.15, -0.1) is 0 Å². The molecule has 0 atom stereocenters. The summed E-state index contributed by atoms with van der Waals surface area (Å²) in [6.45, 7) is 3.07. The molecule has 1 saturated carbocycles. The summed E-state index contributed by atoms with van der Waals surface area (Å²) in [4.78, 5) is 12.1. The zero-order chi connectivity index (χ0) is 13.2. The molecule has 0 unspecified atom stereocenters. The molecule has 0 spiro atoms. The molecule has 0 bridgehead atoms. The molecule has 1 amide bonds. The van der Waals surface area contributed by atoms with Crippen molar-refractivity contribution < 1.29 is 9.53 Å². The van der Waals surface area contributed by atoms with Crippen molar-refractivity contribution in [3.8, 4) is 0 Å². The highest BCUT2D eigenvalue weighted by Gasteiger charge is 2.37. The predicted molar refractivity (Wildman–Crippen MR) is 68.2 cm³/mol. The number of rotatable bonds is 5. The summed E-state index contributed by atoms with van der Waals surface area (Å²) >= 11 is 0. The van der Waals surface area contributed by atoms with Crippen LogP contribution in [-0.4, -0.2) is 34.9 Å². The normalized spacial score (nSPS) is 17.2. The van der Waals surface area contributed by atoms with E-state index in [4.69, 9.17) is 10.5 Å². The molecule has 0 saturated heterocycles. The van der Waals surface area contributed by atoms with Crippen LogP contribution in [0.2, 0.25) is 0 Å². The third-order valence-electron chi connectivity index (χ3n) is 3.65. The minimum Gasteiger partial charge on any atom is -0.396 e. The first-order chi connectivity index (χ1) is 8.62. The van der Waals surface area contributed by atoms with Crippen molar-refractivity contribution in [3.05, 3.63) is 11.9 Å². The average Bonchev–Trinajstić information content (AvgIpc) is 2.69. The second kappa shape index (κ2) is 4.97. The van der Waals surface area contributed by atoms with Gasteiger partial charge in [-0.2, -0.15) is 5.10 Å². The standard InChI is InChI=1S/C12H20N4O2/c1-3-16-10(9(13)7-15-16)11(17)14-8-12(18-2)5-4-6-12/h7H,3-6,8,13H2,1-2H3,(H,14,17). The molecule has 1 fully saturated rings. The quantitative estimate of drug-likeness (QED) is 0.811. The van der Waals surface area contributed by atoms with E-state index in [1.807, 2.05) is 6.92 Å². The highest BCUT2D eigenvalue weighted by Crippen LogP contribution is 2.34. The lowest BCUT2D eigenvalue weighted by Gasteiger charge is -2.40. The molecule has 6 nitrogen and oxygen atoms in total. The molecule has 3 N–H and O–H groups in total. The van der Waals surface area contributed by atoms with E-state index in [0.717, 1.165) is 19.3 Å². The third-order valence-corrected chi connectivity index (χ3v) is 3.65. The summed E-state index contributed by atoms with van der Waals surface area (Å²) in [7, 11) is 1.69. The van der Waals surface area contributed by atoms with Crippen LogP contribution in [0.15, 0.2) is 6.20 Å². The van der Waals surface area contributed by atoms with Gasteiger partial charge in [0, 0.05) is 20.2 Å². The van der Waals surface area contributed by atoms with E-state index >= 15 is 0 Å². The minimum absolute atomic E-state index is 0.179. The van der Waals surface area contributed by atoms with Crippen molar-refractivity contribution >= 4 is 11.6 Å². The largest absolute Gasteiger partial charge is 0.396 e. The van der Waals surface area contributed by atoms with Gasteiger partial charge in [-0.1, -0.05) is 0 Å². The number of anilines is 1. The van der Waals surface area contributed by atoms with Gasteiger partial charge in [0.1, 0.15) is 5.69 Å². The Morgan fingerprint density at radius 3 is 2.89 bits per heavy atom. The van der Waals surface area contributed by atoms with Crippen molar-refractivity contribution in [2.75, 3.05) is 19.4 Å². The molecule has 1 aromatic rings. The van der Waals surface area contributed by atoms with Gasteiger partial charge in [0.2, 0.25) is 0 Å². The van der Waals surface area contributed by atoms with Crippen molar-refractivity contribution in [1.82, 2.24) is 15.1 Å². The number of nitrogens with zero attached hydrogens (tertiary/aromatic N) is 2. The van der Waals surface area contributed by atoms with E-state index in [9.17, 15) is 4.79 Å². The Kier molecular flexibility index (Phi) is 3.56. The summed E-state index contributed by atoms with van der Waals surface area (Å²) in [5.41, 5.74) is 6.43. The summed E-state index contributed by atoms with van der Waals surface area (Å²) in [6.07, 6.45) is 4.64. The maximum Gasteiger partial charge on any atom is 0.271 e. The van der Waals surface area contributed by atoms with E-state index in [1.54, 1.807) is 11.8 Å². The number of aryl methyl sites for hydroxylation is 1. The van der Waals surface area contributed by atoms with Gasteiger partial charge in [-0.05, 0) is 26.2 Å². The number of carbonyl (C=O) groups excluding carboxylic acids is 1. The maximum absolute atomic E-state index is 12.1. The highest BCUT2D eigenvalue weighted by atomic mass is 16.5. The van der Waals surface area contributed by atoms with E-state index in [0.29, 0.717) is 24.5 Å². The summed E-state index contributed by atoms with van der Waals surface area (Å²) in [6, 6.07) is 0. The molecule has 2 rings (SSSR count).